The number of aromatic amines is 1. The molecular formula is C19H20N2O2. The van der Waals surface area contributed by atoms with Crippen LogP contribution in [-0.4, -0.2) is 24.1 Å². The lowest BCUT2D eigenvalue weighted by atomic mass is 9.99. The number of H-pyrrole nitrogens is 1. The van der Waals surface area contributed by atoms with Crippen LogP contribution in [0.4, 0.5) is 0 Å². The smallest absolute Gasteiger partial charge is 0.322 e. The summed E-state index contributed by atoms with van der Waals surface area (Å²) >= 11 is 0. The number of carbonyl (C=O) groups excluding carboxylic acids is 1. The van der Waals surface area contributed by atoms with Crippen molar-refractivity contribution in [2.45, 2.75) is 19.4 Å². The maximum absolute atomic E-state index is 11.7. The number of aromatic nitrogens is 1. The summed E-state index contributed by atoms with van der Waals surface area (Å²) in [5, 5.41) is 1.09. The summed E-state index contributed by atoms with van der Waals surface area (Å²) in [5.74, 6) is -0.398. The van der Waals surface area contributed by atoms with Crippen LogP contribution in [0.3, 0.4) is 0 Å². The highest BCUT2D eigenvalue weighted by atomic mass is 16.5. The van der Waals surface area contributed by atoms with Crippen LogP contribution in [0.25, 0.3) is 22.2 Å². The molecule has 1 aromatic heterocycles. The Morgan fingerprint density at radius 3 is 2.57 bits per heavy atom. The number of rotatable bonds is 4. The van der Waals surface area contributed by atoms with Crippen LogP contribution in [0, 0.1) is 6.92 Å². The van der Waals surface area contributed by atoms with Crippen molar-refractivity contribution in [1.82, 2.24) is 4.98 Å². The molecule has 2 aromatic carbocycles. The van der Waals surface area contributed by atoms with E-state index in [-0.39, 0.29) is 0 Å². The third-order valence-corrected chi connectivity index (χ3v) is 4.08. The normalized spacial score (nSPS) is 12.3. The molecule has 4 nitrogen and oxygen atoms in total. The molecule has 0 aliphatic carbocycles. The minimum atomic E-state index is -0.677. The number of nitrogens with one attached hydrogen (secondary N) is 1. The predicted molar refractivity (Wildman–Crippen MR) is 92.2 cm³/mol. The van der Waals surface area contributed by atoms with Gasteiger partial charge in [-0.25, -0.2) is 0 Å². The van der Waals surface area contributed by atoms with Gasteiger partial charge in [-0.15, -0.1) is 0 Å². The van der Waals surface area contributed by atoms with Gasteiger partial charge >= 0.3 is 5.97 Å². The summed E-state index contributed by atoms with van der Waals surface area (Å²) < 4.78 is 4.76. The molecule has 3 rings (SSSR count). The number of carbonyl (C=O) groups is 1. The number of aryl methyl sites for hydroxylation is 1. The number of fused-ring (bicyclic) bond motifs is 1. The van der Waals surface area contributed by atoms with E-state index in [0.29, 0.717) is 6.42 Å². The maximum atomic E-state index is 11.7. The zero-order valence-corrected chi connectivity index (χ0v) is 13.3. The standard InChI is InChI=1S/C19H20N2O2/c1-12-7-9-13(10-8-12)18-15(11-16(20)19(22)23-2)14-5-3-4-6-17(14)21-18/h3-10,16,21H,11,20H2,1-2H3/t16-/m0/s1. The second-order valence-corrected chi connectivity index (χ2v) is 5.72. The van der Waals surface area contributed by atoms with Crippen molar-refractivity contribution in [3.05, 3.63) is 59.7 Å². The number of esters is 1. The fourth-order valence-corrected chi connectivity index (χ4v) is 2.83. The van der Waals surface area contributed by atoms with Crippen LogP contribution < -0.4 is 5.73 Å². The van der Waals surface area contributed by atoms with Crippen molar-refractivity contribution in [2.75, 3.05) is 7.11 Å². The first-order valence-electron chi connectivity index (χ1n) is 7.60. The van der Waals surface area contributed by atoms with E-state index < -0.39 is 12.0 Å². The minimum absolute atomic E-state index is 0.398. The van der Waals surface area contributed by atoms with Crippen LogP contribution in [0.1, 0.15) is 11.1 Å². The van der Waals surface area contributed by atoms with Crippen molar-refractivity contribution >= 4 is 16.9 Å². The van der Waals surface area contributed by atoms with Gasteiger partial charge in [0.25, 0.3) is 0 Å². The van der Waals surface area contributed by atoms with Gasteiger partial charge < -0.3 is 15.5 Å². The van der Waals surface area contributed by atoms with Crippen LogP contribution in [0.2, 0.25) is 0 Å². The summed E-state index contributed by atoms with van der Waals surface area (Å²) in [6.07, 6.45) is 0.430. The number of benzene rings is 2. The zero-order valence-electron chi connectivity index (χ0n) is 13.3. The number of hydrogen-bond donors (Lipinski definition) is 2. The Bertz CT molecular complexity index is 834. The second-order valence-electron chi connectivity index (χ2n) is 5.72. The fourth-order valence-electron chi connectivity index (χ4n) is 2.83. The Morgan fingerprint density at radius 1 is 1.17 bits per heavy atom. The summed E-state index contributed by atoms with van der Waals surface area (Å²) in [4.78, 5) is 15.2. The Hall–Kier alpha value is -2.59. The number of para-hydroxylation sites is 1. The van der Waals surface area contributed by atoms with E-state index in [9.17, 15) is 4.79 Å². The van der Waals surface area contributed by atoms with Crippen molar-refractivity contribution in [1.29, 1.82) is 0 Å². The van der Waals surface area contributed by atoms with E-state index in [2.05, 4.69) is 36.2 Å². The fraction of sp³-hybridized carbons (Fsp3) is 0.211. The molecule has 0 amide bonds. The highest BCUT2D eigenvalue weighted by Crippen LogP contribution is 2.31. The monoisotopic (exact) mass is 308 g/mol. The van der Waals surface area contributed by atoms with Crippen LogP contribution in [0.15, 0.2) is 48.5 Å². The van der Waals surface area contributed by atoms with Crippen molar-refractivity contribution in [3.63, 3.8) is 0 Å². The summed E-state index contributed by atoms with van der Waals surface area (Å²) in [6, 6.07) is 15.7. The maximum Gasteiger partial charge on any atom is 0.322 e. The largest absolute Gasteiger partial charge is 0.468 e. The van der Waals surface area contributed by atoms with Crippen LogP contribution >= 0.6 is 0 Å². The summed E-state index contributed by atoms with van der Waals surface area (Å²) in [6.45, 7) is 2.06. The zero-order chi connectivity index (χ0) is 16.4. The highest BCUT2D eigenvalue weighted by Gasteiger charge is 2.20. The molecule has 0 spiro atoms. The Morgan fingerprint density at radius 2 is 1.87 bits per heavy atom. The highest BCUT2D eigenvalue weighted by molar-refractivity contribution is 5.91. The topological polar surface area (TPSA) is 68.1 Å². The molecule has 0 saturated heterocycles. The first-order chi connectivity index (χ1) is 11.1. The molecular weight excluding hydrogens is 288 g/mol. The van der Waals surface area contributed by atoms with Gasteiger partial charge in [0.1, 0.15) is 6.04 Å². The molecule has 0 bridgehead atoms. The predicted octanol–water partition coefficient (Wildman–Crippen LogP) is 3.19. The number of nitrogens with two attached hydrogens (primary N) is 1. The molecule has 23 heavy (non-hydrogen) atoms. The third kappa shape index (κ3) is 2.98. The van der Waals surface area contributed by atoms with E-state index in [4.69, 9.17) is 10.5 Å². The lowest BCUT2D eigenvalue weighted by molar-refractivity contribution is -0.142. The number of ether oxygens (including phenoxy) is 1. The third-order valence-electron chi connectivity index (χ3n) is 4.08. The Labute approximate surface area is 135 Å². The number of methoxy groups -OCH3 is 1. The van der Waals surface area contributed by atoms with E-state index in [1.54, 1.807) is 0 Å². The van der Waals surface area contributed by atoms with Crippen molar-refractivity contribution < 1.29 is 9.53 Å². The molecule has 0 radical (unpaired) electrons. The molecule has 4 heteroatoms. The number of hydrogen-bond acceptors (Lipinski definition) is 3. The lowest BCUT2D eigenvalue weighted by Crippen LogP contribution is -2.33. The SMILES string of the molecule is COC(=O)[C@@H](N)Cc1c(-c2ccc(C)cc2)[nH]c2ccccc12. The average molecular weight is 308 g/mol. The van der Waals surface area contributed by atoms with Gasteiger partial charge in [0.05, 0.1) is 7.11 Å². The quantitative estimate of drug-likeness (QED) is 0.727. The Balaban J connectivity index is 2.11. The molecule has 0 saturated carbocycles. The van der Waals surface area contributed by atoms with Gasteiger partial charge in [0.15, 0.2) is 0 Å². The molecule has 0 unspecified atom stereocenters. The van der Waals surface area contributed by atoms with E-state index in [1.807, 2.05) is 24.3 Å². The first kappa shape index (κ1) is 15.3. The first-order valence-corrected chi connectivity index (χ1v) is 7.60. The summed E-state index contributed by atoms with van der Waals surface area (Å²) in [7, 11) is 1.36. The average Bonchev–Trinajstić information content (AvgIpc) is 2.93. The van der Waals surface area contributed by atoms with Gasteiger partial charge in [-0.05, 0) is 24.1 Å². The van der Waals surface area contributed by atoms with Gasteiger partial charge in [-0.3, -0.25) is 4.79 Å². The minimum Gasteiger partial charge on any atom is -0.468 e. The molecule has 0 aliphatic heterocycles. The summed E-state index contributed by atoms with van der Waals surface area (Å²) in [5.41, 5.74) is 11.4. The molecule has 1 atom stereocenters. The second kappa shape index (κ2) is 6.26. The van der Waals surface area contributed by atoms with Crippen LogP contribution in [-0.2, 0) is 16.0 Å². The molecule has 3 aromatic rings. The molecule has 1 heterocycles. The van der Waals surface area contributed by atoms with E-state index in [1.165, 1.54) is 12.7 Å². The van der Waals surface area contributed by atoms with Gasteiger partial charge in [-0.1, -0.05) is 48.0 Å². The van der Waals surface area contributed by atoms with Crippen molar-refractivity contribution in [3.8, 4) is 11.3 Å². The van der Waals surface area contributed by atoms with Gasteiger partial charge in [0.2, 0.25) is 0 Å². The molecule has 3 N–H and O–H groups in total. The van der Waals surface area contributed by atoms with Gasteiger partial charge in [0, 0.05) is 23.0 Å². The van der Waals surface area contributed by atoms with E-state index in [0.717, 1.165) is 27.7 Å². The lowest BCUT2D eigenvalue weighted by Gasteiger charge is -2.11. The van der Waals surface area contributed by atoms with Crippen molar-refractivity contribution in [2.24, 2.45) is 5.73 Å². The molecule has 0 fully saturated rings. The van der Waals surface area contributed by atoms with Gasteiger partial charge in [-0.2, -0.15) is 0 Å². The van der Waals surface area contributed by atoms with Crippen LogP contribution in [0.5, 0.6) is 0 Å². The molecule has 118 valence electrons. The Kier molecular flexibility index (Phi) is 4.17. The molecule has 0 aliphatic rings. The van der Waals surface area contributed by atoms with E-state index >= 15 is 0 Å².